The number of benzene rings is 2. The lowest BCUT2D eigenvalue weighted by molar-refractivity contribution is -0.135. The van der Waals surface area contributed by atoms with Crippen LogP contribution < -0.4 is 19.7 Å². The molecule has 2 unspecified atom stereocenters. The van der Waals surface area contributed by atoms with Crippen LogP contribution in [0, 0.1) is 5.82 Å². The maximum absolute atomic E-state index is 13.3. The highest BCUT2D eigenvalue weighted by Crippen LogP contribution is 2.31. The summed E-state index contributed by atoms with van der Waals surface area (Å²) >= 11 is 6.07. The van der Waals surface area contributed by atoms with E-state index in [0.29, 0.717) is 5.69 Å². The normalized spacial score (nSPS) is 18.7. The molecule has 1 aliphatic heterocycles. The average molecular weight is 526 g/mol. The molecule has 2 N–H and O–H groups in total. The Bertz CT molecular complexity index is 1140. The van der Waals surface area contributed by atoms with Crippen molar-refractivity contribution in [2.75, 3.05) is 22.4 Å². The Morgan fingerprint density at radius 1 is 1.23 bits per heavy atom. The second-order valence-electron chi connectivity index (χ2n) is 9.44. The van der Waals surface area contributed by atoms with Gasteiger partial charge in [-0.25, -0.2) is 12.8 Å². The molecule has 1 heterocycles. The second kappa shape index (κ2) is 11.0. The van der Waals surface area contributed by atoms with Gasteiger partial charge in [-0.15, -0.1) is 0 Å². The van der Waals surface area contributed by atoms with Crippen LogP contribution in [0.4, 0.5) is 15.8 Å². The van der Waals surface area contributed by atoms with Gasteiger partial charge in [-0.05, 0) is 75.6 Å². The Balaban J connectivity index is 1.65. The maximum Gasteiger partial charge on any atom is 0.263 e. The Labute approximate surface area is 212 Å². The van der Waals surface area contributed by atoms with E-state index in [-0.39, 0.29) is 28.8 Å². The highest BCUT2D eigenvalue weighted by molar-refractivity contribution is 7.92. The number of nitrogens with one attached hydrogen (secondary N) is 2. The third kappa shape index (κ3) is 7.48. The van der Waals surface area contributed by atoms with Crippen LogP contribution in [0.1, 0.15) is 46.5 Å². The molecule has 0 saturated carbocycles. The summed E-state index contributed by atoms with van der Waals surface area (Å²) in [6, 6.07) is 11.4. The van der Waals surface area contributed by atoms with Crippen LogP contribution in [0.2, 0.25) is 5.02 Å². The van der Waals surface area contributed by atoms with Crippen molar-refractivity contribution in [3.63, 3.8) is 0 Å². The standard InChI is InChI=1S/C25H33ClFN3O4S/c1-5-6-21-16-19(13-14-30(21)20-10-8-18(9-11-20)29-35(4,32)33)28-24(31)25(2,3)34-23-12-7-17(27)15-22(23)26/h7-12,15,19,21,29H,5-6,13-14,16H2,1-4H3,(H,28,31). The highest BCUT2D eigenvalue weighted by atomic mass is 35.5. The van der Waals surface area contributed by atoms with Crippen molar-refractivity contribution in [1.82, 2.24) is 5.32 Å². The molecular weight excluding hydrogens is 493 g/mol. The van der Waals surface area contributed by atoms with Crippen molar-refractivity contribution in [2.24, 2.45) is 0 Å². The van der Waals surface area contributed by atoms with Gasteiger partial charge in [0.05, 0.1) is 11.3 Å². The topological polar surface area (TPSA) is 87.7 Å². The van der Waals surface area contributed by atoms with Crippen molar-refractivity contribution < 1.29 is 22.3 Å². The smallest absolute Gasteiger partial charge is 0.263 e. The molecule has 0 aromatic heterocycles. The van der Waals surface area contributed by atoms with Gasteiger partial charge in [-0.2, -0.15) is 0 Å². The first-order chi connectivity index (χ1) is 16.4. The molecule has 1 amide bonds. The van der Waals surface area contributed by atoms with Crippen molar-refractivity contribution in [2.45, 2.75) is 64.1 Å². The Morgan fingerprint density at radius 3 is 2.51 bits per heavy atom. The van der Waals surface area contributed by atoms with Crippen molar-refractivity contribution >= 4 is 38.9 Å². The molecule has 1 fully saturated rings. The summed E-state index contributed by atoms with van der Waals surface area (Å²) in [5.41, 5.74) is 0.345. The summed E-state index contributed by atoms with van der Waals surface area (Å²) in [7, 11) is -3.33. The molecule has 2 atom stereocenters. The van der Waals surface area contributed by atoms with E-state index in [9.17, 15) is 17.6 Å². The van der Waals surface area contributed by atoms with E-state index in [1.807, 2.05) is 12.1 Å². The lowest BCUT2D eigenvalue weighted by Gasteiger charge is -2.42. The summed E-state index contributed by atoms with van der Waals surface area (Å²) in [6.45, 7) is 6.20. The van der Waals surface area contributed by atoms with Crippen molar-refractivity contribution in [3.8, 4) is 5.75 Å². The van der Waals surface area contributed by atoms with Crippen LogP contribution in [-0.4, -0.2) is 44.8 Å². The van der Waals surface area contributed by atoms with Crippen LogP contribution >= 0.6 is 11.6 Å². The summed E-state index contributed by atoms with van der Waals surface area (Å²) < 4.78 is 44.6. The molecule has 2 aromatic rings. The highest BCUT2D eigenvalue weighted by Gasteiger charge is 2.35. The number of rotatable bonds is 9. The van der Waals surface area contributed by atoms with Gasteiger partial charge in [0, 0.05) is 30.0 Å². The first kappa shape index (κ1) is 27.1. The van der Waals surface area contributed by atoms with Crippen LogP contribution in [0.3, 0.4) is 0 Å². The monoisotopic (exact) mass is 525 g/mol. The first-order valence-electron chi connectivity index (χ1n) is 11.7. The molecule has 0 spiro atoms. The van der Waals surface area contributed by atoms with E-state index in [1.165, 1.54) is 12.1 Å². The minimum atomic E-state index is -3.33. The molecule has 7 nitrogen and oxygen atoms in total. The fraction of sp³-hybridized carbons (Fsp3) is 0.480. The van der Waals surface area contributed by atoms with E-state index in [0.717, 1.165) is 50.2 Å². The number of nitrogens with zero attached hydrogens (tertiary/aromatic N) is 1. The van der Waals surface area contributed by atoms with Gasteiger partial charge in [0.2, 0.25) is 10.0 Å². The van der Waals surface area contributed by atoms with Crippen LogP contribution in [-0.2, 0) is 14.8 Å². The lowest BCUT2D eigenvalue weighted by Crippen LogP contribution is -2.55. The summed E-state index contributed by atoms with van der Waals surface area (Å²) in [5, 5.41) is 3.23. The zero-order valence-corrected chi connectivity index (χ0v) is 22.0. The predicted octanol–water partition coefficient (Wildman–Crippen LogP) is 4.96. The minimum Gasteiger partial charge on any atom is -0.476 e. The molecule has 0 bridgehead atoms. The van der Waals surface area contributed by atoms with Crippen LogP contribution in [0.15, 0.2) is 42.5 Å². The fourth-order valence-corrected chi connectivity index (χ4v) is 5.07. The number of hydrogen-bond donors (Lipinski definition) is 2. The third-order valence-corrected chi connectivity index (χ3v) is 6.88. The number of anilines is 2. The van der Waals surface area contributed by atoms with Crippen molar-refractivity contribution in [1.29, 1.82) is 0 Å². The largest absolute Gasteiger partial charge is 0.476 e. The second-order valence-corrected chi connectivity index (χ2v) is 11.6. The quantitative estimate of drug-likeness (QED) is 0.483. The number of hydrogen-bond acceptors (Lipinski definition) is 5. The first-order valence-corrected chi connectivity index (χ1v) is 13.9. The van der Waals surface area contributed by atoms with Gasteiger partial charge < -0.3 is 15.0 Å². The molecular formula is C25H33ClFN3O4S. The molecule has 192 valence electrons. The van der Waals surface area contributed by atoms with Crippen molar-refractivity contribution in [3.05, 3.63) is 53.3 Å². The molecule has 0 radical (unpaired) electrons. The fourth-order valence-electron chi connectivity index (χ4n) is 4.30. The number of amides is 1. The zero-order valence-electron chi connectivity index (χ0n) is 20.5. The number of sulfonamides is 1. The molecule has 2 aromatic carbocycles. The number of piperidine rings is 1. The average Bonchev–Trinajstić information content (AvgIpc) is 2.76. The Morgan fingerprint density at radius 2 is 1.91 bits per heavy atom. The van der Waals surface area contributed by atoms with E-state index < -0.39 is 21.4 Å². The Hall–Kier alpha value is -2.52. The Kier molecular flexibility index (Phi) is 8.54. The zero-order chi connectivity index (χ0) is 25.8. The van der Waals surface area contributed by atoms with E-state index in [2.05, 4.69) is 21.9 Å². The predicted molar refractivity (Wildman–Crippen MR) is 138 cm³/mol. The van der Waals surface area contributed by atoms with E-state index in [1.54, 1.807) is 26.0 Å². The number of carbonyl (C=O) groups is 1. The van der Waals surface area contributed by atoms with E-state index >= 15 is 0 Å². The van der Waals surface area contributed by atoms with Gasteiger partial charge in [0.25, 0.3) is 5.91 Å². The molecule has 35 heavy (non-hydrogen) atoms. The van der Waals surface area contributed by atoms with Crippen LogP contribution in [0.25, 0.3) is 0 Å². The van der Waals surface area contributed by atoms with Gasteiger partial charge in [-0.1, -0.05) is 24.9 Å². The minimum absolute atomic E-state index is 0.0203. The summed E-state index contributed by atoms with van der Waals surface area (Å²) in [6.07, 6.45) is 4.60. The molecule has 1 saturated heterocycles. The maximum atomic E-state index is 13.3. The molecule has 10 heteroatoms. The SMILES string of the molecule is CCCC1CC(NC(=O)C(C)(C)Oc2ccc(F)cc2Cl)CCN1c1ccc(NS(C)(=O)=O)cc1. The van der Waals surface area contributed by atoms with Crippen LogP contribution in [0.5, 0.6) is 5.75 Å². The number of carbonyl (C=O) groups excluding carboxylic acids is 1. The van der Waals surface area contributed by atoms with Gasteiger partial charge in [0.15, 0.2) is 5.60 Å². The van der Waals surface area contributed by atoms with Gasteiger partial charge >= 0.3 is 0 Å². The lowest BCUT2D eigenvalue weighted by atomic mass is 9.92. The molecule has 0 aliphatic carbocycles. The van der Waals surface area contributed by atoms with Gasteiger partial charge in [-0.3, -0.25) is 9.52 Å². The molecule has 1 aliphatic rings. The summed E-state index contributed by atoms with van der Waals surface area (Å²) in [5.74, 6) is -0.483. The number of ether oxygens (including phenoxy) is 1. The summed E-state index contributed by atoms with van der Waals surface area (Å²) in [4.78, 5) is 15.4. The third-order valence-electron chi connectivity index (χ3n) is 5.98. The van der Waals surface area contributed by atoms with E-state index in [4.69, 9.17) is 16.3 Å². The molecule has 3 rings (SSSR count). The number of halogens is 2. The van der Waals surface area contributed by atoms with Gasteiger partial charge in [0.1, 0.15) is 11.6 Å².